The summed E-state index contributed by atoms with van der Waals surface area (Å²) >= 11 is 0. The molecule has 1 N–H and O–H groups in total. The molecule has 30 heavy (non-hydrogen) atoms. The van der Waals surface area contributed by atoms with Crippen LogP contribution in [0.3, 0.4) is 0 Å². The summed E-state index contributed by atoms with van der Waals surface area (Å²) in [7, 11) is 1.56. The van der Waals surface area contributed by atoms with Gasteiger partial charge in [0.25, 0.3) is 11.6 Å². The SMILES string of the molecule is COc1ccc(N2C(=O)[C@@H](Oc3ccc(O)cc3)[C@H]2c2ccc([N+](=O)[O-])cc2)cc1. The highest BCUT2D eigenvalue weighted by atomic mass is 16.6. The lowest BCUT2D eigenvalue weighted by Crippen LogP contribution is -2.61. The number of ether oxygens (including phenoxy) is 2. The minimum Gasteiger partial charge on any atom is -0.508 e. The molecule has 3 aromatic carbocycles. The van der Waals surface area contributed by atoms with E-state index in [1.807, 2.05) is 0 Å². The van der Waals surface area contributed by atoms with Crippen molar-refractivity contribution in [2.75, 3.05) is 12.0 Å². The predicted octanol–water partition coefficient (Wildman–Crippen LogP) is 3.84. The van der Waals surface area contributed by atoms with Gasteiger partial charge in [-0.05, 0) is 66.2 Å². The van der Waals surface area contributed by atoms with Gasteiger partial charge in [-0.15, -0.1) is 0 Å². The van der Waals surface area contributed by atoms with Gasteiger partial charge in [0.2, 0.25) is 6.10 Å². The number of hydrogen-bond acceptors (Lipinski definition) is 6. The molecular weight excluding hydrogens is 388 g/mol. The first kappa shape index (κ1) is 19.3. The van der Waals surface area contributed by atoms with Crippen LogP contribution in [0.5, 0.6) is 17.2 Å². The average Bonchev–Trinajstić information content (AvgIpc) is 2.77. The molecule has 0 aliphatic carbocycles. The number of β-lactam (4-membered cyclic amide) rings is 1. The molecule has 1 fully saturated rings. The van der Waals surface area contributed by atoms with Crippen molar-refractivity contribution in [3.8, 4) is 17.2 Å². The number of methoxy groups -OCH3 is 1. The number of benzene rings is 3. The van der Waals surface area contributed by atoms with Gasteiger partial charge in [0.1, 0.15) is 23.3 Å². The van der Waals surface area contributed by atoms with E-state index in [-0.39, 0.29) is 17.3 Å². The maximum absolute atomic E-state index is 13.0. The summed E-state index contributed by atoms with van der Waals surface area (Å²) in [4.78, 5) is 25.1. The molecule has 1 amide bonds. The second kappa shape index (κ2) is 7.75. The molecule has 8 heteroatoms. The van der Waals surface area contributed by atoms with Crippen molar-refractivity contribution < 1.29 is 24.3 Å². The molecule has 2 atom stereocenters. The third-order valence-electron chi connectivity index (χ3n) is 4.94. The van der Waals surface area contributed by atoms with Crippen LogP contribution in [-0.4, -0.2) is 29.2 Å². The molecule has 3 aromatic rings. The molecule has 1 heterocycles. The van der Waals surface area contributed by atoms with Gasteiger partial charge in [-0.2, -0.15) is 0 Å². The van der Waals surface area contributed by atoms with E-state index in [2.05, 4.69) is 0 Å². The maximum atomic E-state index is 13.0. The van der Waals surface area contributed by atoms with Gasteiger partial charge in [0, 0.05) is 17.8 Å². The molecule has 152 valence electrons. The Morgan fingerprint density at radius 1 is 0.933 bits per heavy atom. The molecule has 0 radical (unpaired) electrons. The first-order valence-electron chi connectivity index (χ1n) is 9.15. The third kappa shape index (κ3) is 3.50. The fraction of sp³-hybridized carbons (Fsp3) is 0.136. The minimum absolute atomic E-state index is 0.0311. The Morgan fingerprint density at radius 2 is 1.53 bits per heavy atom. The summed E-state index contributed by atoms with van der Waals surface area (Å²) in [6.07, 6.45) is -0.807. The molecule has 0 spiro atoms. The van der Waals surface area contributed by atoms with Crippen LogP contribution >= 0.6 is 0 Å². The number of phenols is 1. The lowest BCUT2D eigenvalue weighted by molar-refractivity contribution is -0.384. The van der Waals surface area contributed by atoms with Crippen LogP contribution in [0.25, 0.3) is 0 Å². The van der Waals surface area contributed by atoms with E-state index in [1.165, 1.54) is 24.3 Å². The molecule has 1 aliphatic heterocycles. The summed E-state index contributed by atoms with van der Waals surface area (Å²) in [5.74, 6) is 0.952. The normalized spacial score (nSPS) is 17.9. The van der Waals surface area contributed by atoms with E-state index in [0.717, 1.165) is 0 Å². The summed E-state index contributed by atoms with van der Waals surface area (Å²) < 4.78 is 11.1. The van der Waals surface area contributed by atoms with Gasteiger partial charge in [-0.3, -0.25) is 19.8 Å². The molecule has 1 aliphatic rings. The number of amides is 1. The van der Waals surface area contributed by atoms with Crippen LogP contribution in [0.15, 0.2) is 72.8 Å². The highest BCUT2D eigenvalue weighted by Crippen LogP contribution is 2.42. The fourth-order valence-electron chi connectivity index (χ4n) is 3.40. The largest absolute Gasteiger partial charge is 0.508 e. The second-order valence-electron chi connectivity index (χ2n) is 6.73. The molecular formula is C22H18N2O6. The number of phenolic OH excluding ortho intramolecular Hbond substituents is 1. The number of nitro groups is 1. The number of non-ortho nitro benzene ring substituents is 1. The van der Waals surface area contributed by atoms with E-state index >= 15 is 0 Å². The first-order valence-corrected chi connectivity index (χ1v) is 9.15. The maximum Gasteiger partial charge on any atom is 0.271 e. The number of carbonyl (C=O) groups excluding carboxylic acids is 1. The number of nitrogens with zero attached hydrogens (tertiary/aromatic N) is 2. The lowest BCUT2D eigenvalue weighted by Gasteiger charge is -2.46. The molecule has 1 saturated heterocycles. The average molecular weight is 406 g/mol. The third-order valence-corrected chi connectivity index (χ3v) is 4.94. The zero-order valence-electron chi connectivity index (χ0n) is 16.0. The number of carbonyl (C=O) groups is 1. The fourth-order valence-corrected chi connectivity index (χ4v) is 3.40. The van der Waals surface area contributed by atoms with Gasteiger partial charge in [-0.25, -0.2) is 0 Å². The summed E-state index contributed by atoms with van der Waals surface area (Å²) in [5.41, 5.74) is 1.34. The van der Waals surface area contributed by atoms with Gasteiger partial charge in [0.15, 0.2) is 0 Å². The van der Waals surface area contributed by atoms with Crippen LogP contribution in [-0.2, 0) is 4.79 Å². The van der Waals surface area contributed by atoms with Crippen molar-refractivity contribution in [2.24, 2.45) is 0 Å². The number of aromatic hydroxyl groups is 1. The molecule has 0 aromatic heterocycles. The van der Waals surface area contributed by atoms with Gasteiger partial charge in [0.05, 0.1) is 12.0 Å². The van der Waals surface area contributed by atoms with E-state index < -0.39 is 17.1 Å². The standard InChI is InChI=1S/C22H18N2O6/c1-29-18-10-6-15(7-11-18)23-20(14-2-4-16(5-3-14)24(27)28)21(22(23)26)30-19-12-8-17(25)9-13-19/h2-13,20-21,25H,1H3/t20-,21+/m1/s1. The van der Waals surface area contributed by atoms with Crippen molar-refractivity contribution in [1.82, 2.24) is 0 Å². The van der Waals surface area contributed by atoms with Crippen molar-refractivity contribution in [2.45, 2.75) is 12.1 Å². The molecule has 0 unspecified atom stereocenters. The molecule has 4 rings (SSSR count). The lowest BCUT2D eigenvalue weighted by atomic mass is 9.89. The van der Waals surface area contributed by atoms with E-state index in [0.29, 0.717) is 22.7 Å². The van der Waals surface area contributed by atoms with Crippen LogP contribution in [0, 0.1) is 10.1 Å². The second-order valence-corrected chi connectivity index (χ2v) is 6.73. The molecule has 8 nitrogen and oxygen atoms in total. The Bertz CT molecular complexity index is 1060. The number of hydrogen-bond donors (Lipinski definition) is 1. The van der Waals surface area contributed by atoms with E-state index in [9.17, 15) is 20.0 Å². The predicted molar refractivity (Wildman–Crippen MR) is 109 cm³/mol. The van der Waals surface area contributed by atoms with Gasteiger partial charge < -0.3 is 14.6 Å². The van der Waals surface area contributed by atoms with Crippen LogP contribution < -0.4 is 14.4 Å². The summed E-state index contributed by atoms with van der Waals surface area (Å²) in [6.45, 7) is 0. The quantitative estimate of drug-likeness (QED) is 0.379. The Hall–Kier alpha value is -4.07. The zero-order chi connectivity index (χ0) is 21.3. The topological polar surface area (TPSA) is 102 Å². The summed E-state index contributed by atoms with van der Waals surface area (Å²) in [6, 6.07) is 18.7. The van der Waals surface area contributed by atoms with Crippen molar-refractivity contribution in [1.29, 1.82) is 0 Å². The van der Waals surface area contributed by atoms with E-state index in [4.69, 9.17) is 9.47 Å². The van der Waals surface area contributed by atoms with Crippen LogP contribution in [0.4, 0.5) is 11.4 Å². The Labute approximate surface area is 172 Å². The highest BCUT2D eigenvalue weighted by Gasteiger charge is 2.51. The monoisotopic (exact) mass is 406 g/mol. The number of anilines is 1. The molecule has 0 saturated carbocycles. The summed E-state index contributed by atoms with van der Waals surface area (Å²) in [5, 5.41) is 20.4. The van der Waals surface area contributed by atoms with Crippen molar-refractivity contribution in [3.05, 3.63) is 88.5 Å². The first-order chi connectivity index (χ1) is 14.5. The van der Waals surface area contributed by atoms with Gasteiger partial charge >= 0.3 is 0 Å². The van der Waals surface area contributed by atoms with Crippen molar-refractivity contribution in [3.63, 3.8) is 0 Å². The van der Waals surface area contributed by atoms with Crippen LogP contribution in [0.1, 0.15) is 11.6 Å². The van der Waals surface area contributed by atoms with Crippen molar-refractivity contribution >= 4 is 17.3 Å². The smallest absolute Gasteiger partial charge is 0.271 e. The molecule has 0 bridgehead atoms. The number of rotatable bonds is 6. The zero-order valence-corrected chi connectivity index (χ0v) is 16.0. The Balaban J connectivity index is 1.67. The van der Waals surface area contributed by atoms with Crippen LogP contribution in [0.2, 0.25) is 0 Å². The Kier molecular flexibility index (Phi) is 4.97. The minimum atomic E-state index is -0.807. The highest BCUT2D eigenvalue weighted by molar-refractivity contribution is 6.05. The Morgan fingerprint density at radius 3 is 2.10 bits per heavy atom. The van der Waals surface area contributed by atoms with Gasteiger partial charge in [-0.1, -0.05) is 0 Å². The van der Waals surface area contributed by atoms with E-state index in [1.54, 1.807) is 60.5 Å². The number of nitro benzene ring substituents is 1.